The van der Waals surface area contributed by atoms with Gasteiger partial charge in [-0.05, 0) is 18.2 Å². The van der Waals surface area contributed by atoms with Crippen molar-refractivity contribution in [2.75, 3.05) is 5.73 Å². The standard InChI is InChI=1S/C12H8F3N3O2/c13-12(14,15)9-3-4-17-10(18-9)6-1-2-7(11(19)20)8(16)5-6/h1-5H,16H2,(H,19,20). The van der Waals surface area contributed by atoms with Gasteiger partial charge in [-0.1, -0.05) is 6.07 Å². The Balaban J connectivity index is 2.47. The van der Waals surface area contributed by atoms with Gasteiger partial charge < -0.3 is 10.8 Å². The van der Waals surface area contributed by atoms with E-state index in [4.69, 9.17) is 10.8 Å². The molecule has 3 N–H and O–H groups in total. The van der Waals surface area contributed by atoms with Crippen molar-refractivity contribution in [1.82, 2.24) is 9.97 Å². The average molecular weight is 283 g/mol. The van der Waals surface area contributed by atoms with Crippen molar-refractivity contribution >= 4 is 11.7 Å². The number of carbonyl (C=O) groups is 1. The van der Waals surface area contributed by atoms with Gasteiger partial charge in [0, 0.05) is 17.4 Å². The number of carboxylic acid groups (broad SMARTS) is 1. The largest absolute Gasteiger partial charge is 0.478 e. The van der Waals surface area contributed by atoms with Crippen LogP contribution >= 0.6 is 0 Å². The highest BCUT2D eigenvalue weighted by molar-refractivity contribution is 5.94. The van der Waals surface area contributed by atoms with E-state index in [-0.39, 0.29) is 22.6 Å². The Labute approximate surface area is 110 Å². The van der Waals surface area contributed by atoms with Gasteiger partial charge in [-0.2, -0.15) is 13.2 Å². The van der Waals surface area contributed by atoms with Crippen LogP contribution in [0.15, 0.2) is 30.5 Å². The lowest BCUT2D eigenvalue weighted by Gasteiger charge is -2.08. The maximum atomic E-state index is 12.5. The molecule has 0 bridgehead atoms. The van der Waals surface area contributed by atoms with Crippen molar-refractivity contribution in [2.45, 2.75) is 6.18 Å². The van der Waals surface area contributed by atoms with Crippen molar-refractivity contribution in [3.8, 4) is 11.4 Å². The predicted molar refractivity (Wildman–Crippen MR) is 63.8 cm³/mol. The molecule has 0 spiro atoms. The van der Waals surface area contributed by atoms with E-state index in [2.05, 4.69) is 9.97 Å². The Morgan fingerprint density at radius 3 is 2.50 bits per heavy atom. The topological polar surface area (TPSA) is 89.1 Å². The van der Waals surface area contributed by atoms with Crippen LogP contribution in [0.4, 0.5) is 18.9 Å². The van der Waals surface area contributed by atoms with Crippen molar-refractivity contribution in [1.29, 1.82) is 0 Å². The van der Waals surface area contributed by atoms with E-state index in [0.717, 1.165) is 12.3 Å². The fourth-order valence-electron chi connectivity index (χ4n) is 1.55. The molecule has 20 heavy (non-hydrogen) atoms. The van der Waals surface area contributed by atoms with Crippen LogP contribution < -0.4 is 5.73 Å². The summed E-state index contributed by atoms with van der Waals surface area (Å²) in [5.74, 6) is -1.40. The number of benzene rings is 1. The van der Waals surface area contributed by atoms with Crippen LogP contribution in [0.5, 0.6) is 0 Å². The number of nitrogens with zero attached hydrogens (tertiary/aromatic N) is 2. The summed E-state index contributed by atoms with van der Waals surface area (Å²) >= 11 is 0. The molecule has 104 valence electrons. The molecule has 1 heterocycles. The summed E-state index contributed by atoms with van der Waals surface area (Å²) in [7, 11) is 0. The Hall–Kier alpha value is -2.64. The van der Waals surface area contributed by atoms with E-state index in [0.29, 0.717) is 0 Å². The third-order valence-electron chi connectivity index (χ3n) is 2.49. The summed E-state index contributed by atoms with van der Waals surface area (Å²) in [6, 6.07) is 4.46. The van der Waals surface area contributed by atoms with Crippen LogP contribution in [-0.4, -0.2) is 21.0 Å². The Kier molecular flexibility index (Phi) is 3.31. The van der Waals surface area contributed by atoms with Crippen molar-refractivity contribution in [2.24, 2.45) is 0 Å². The fraction of sp³-hybridized carbons (Fsp3) is 0.0833. The highest BCUT2D eigenvalue weighted by Gasteiger charge is 2.32. The Bertz CT molecular complexity index is 671. The summed E-state index contributed by atoms with van der Waals surface area (Å²) in [5.41, 5.74) is 4.44. The first-order chi connectivity index (χ1) is 9.29. The summed E-state index contributed by atoms with van der Waals surface area (Å²) in [5, 5.41) is 8.82. The van der Waals surface area contributed by atoms with Gasteiger partial charge in [-0.25, -0.2) is 14.8 Å². The maximum absolute atomic E-state index is 12.5. The smallest absolute Gasteiger partial charge is 0.433 e. The first-order valence-electron chi connectivity index (χ1n) is 5.32. The molecule has 0 aliphatic heterocycles. The number of aromatic carboxylic acids is 1. The van der Waals surface area contributed by atoms with Crippen LogP contribution in [0.3, 0.4) is 0 Å². The Morgan fingerprint density at radius 1 is 1.25 bits per heavy atom. The summed E-state index contributed by atoms with van der Waals surface area (Å²) < 4.78 is 37.6. The van der Waals surface area contributed by atoms with Crippen molar-refractivity contribution in [3.05, 3.63) is 41.7 Å². The number of halogens is 3. The zero-order chi connectivity index (χ0) is 14.9. The lowest BCUT2D eigenvalue weighted by molar-refractivity contribution is -0.141. The molecule has 1 aromatic heterocycles. The molecule has 0 aliphatic rings. The molecule has 1 aromatic carbocycles. The van der Waals surface area contributed by atoms with Crippen LogP contribution in [0.2, 0.25) is 0 Å². The molecule has 0 radical (unpaired) electrons. The zero-order valence-corrected chi connectivity index (χ0v) is 9.85. The molecule has 5 nitrogen and oxygen atoms in total. The van der Waals surface area contributed by atoms with Gasteiger partial charge in [-0.15, -0.1) is 0 Å². The average Bonchev–Trinajstić information content (AvgIpc) is 2.37. The molecule has 0 saturated carbocycles. The third-order valence-corrected chi connectivity index (χ3v) is 2.49. The highest BCUT2D eigenvalue weighted by atomic mass is 19.4. The number of rotatable bonds is 2. The normalized spacial score (nSPS) is 11.3. The number of hydrogen-bond acceptors (Lipinski definition) is 4. The van der Waals surface area contributed by atoms with Gasteiger partial charge in [0.05, 0.1) is 5.56 Å². The SMILES string of the molecule is Nc1cc(-c2nccc(C(F)(F)F)n2)ccc1C(=O)O. The lowest BCUT2D eigenvalue weighted by Crippen LogP contribution is -2.09. The van der Waals surface area contributed by atoms with E-state index >= 15 is 0 Å². The fourth-order valence-corrected chi connectivity index (χ4v) is 1.55. The second-order valence-corrected chi connectivity index (χ2v) is 3.87. The molecule has 2 aromatic rings. The molecule has 0 amide bonds. The van der Waals surface area contributed by atoms with E-state index < -0.39 is 17.8 Å². The molecular formula is C12H8F3N3O2. The van der Waals surface area contributed by atoms with Crippen LogP contribution in [0.1, 0.15) is 16.1 Å². The second-order valence-electron chi connectivity index (χ2n) is 3.87. The van der Waals surface area contributed by atoms with Gasteiger partial charge >= 0.3 is 12.1 Å². The van der Waals surface area contributed by atoms with Gasteiger partial charge in [-0.3, -0.25) is 0 Å². The number of nitrogen functional groups attached to an aromatic ring is 1. The van der Waals surface area contributed by atoms with Gasteiger partial charge in [0.15, 0.2) is 5.82 Å². The monoisotopic (exact) mass is 283 g/mol. The van der Waals surface area contributed by atoms with E-state index in [1.54, 1.807) is 0 Å². The first kappa shape index (κ1) is 13.8. The zero-order valence-electron chi connectivity index (χ0n) is 9.85. The van der Waals surface area contributed by atoms with E-state index in [9.17, 15) is 18.0 Å². The van der Waals surface area contributed by atoms with Crippen LogP contribution in [-0.2, 0) is 6.18 Å². The quantitative estimate of drug-likeness (QED) is 0.826. The summed E-state index contributed by atoms with van der Waals surface area (Å²) in [6.07, 6.45) is -3.60. The number of alkyl halides is 3. The van der Waals surface area contributed by atoms with Crippen molar-refractivity contribution < 1.29 is 23.1 Å². The number of nitrogens with two attached hydrogens (primary N) is 1. The van der Waals surface area contributed by atoms with E-state index in [1.165, 1.54) is 18.2 Å². The van der Waals surface area contributed by atoms with Gasteiger partial charge in [0.2, 0.25) is 0 Å². The maximum Gasteiger partial charge on any atom is 0.433 e. The molecule has 2 rings (SSSR count). The molecule has 0 aliphatic carbocycles. The van der Waals surface area contributed by atoms with Crippen LogP contribution in [0.25, 0.3) is 11.4 Å². The minimum absolute atomic E-state index is 0.0731. The number of hydrogen-bond donors (Lipinski definition) is 2. The molecular weight excluding hydrogens is 275 g/mol. The number of carboxylic acids is 1. The predicted octanol–water partition coefficient (Wildman–Crippen LogP) is 2.44. The van der Waals surface area contributed by atoms with Crippen molar-refractivity contribution in [3.63, 3.8) is 0 Å². The molecule has 8 heteroatoms. The highest BCUT2D eigenvalue weighted by Crippen LogP contribution is 2.29. The second kappa shape index (κ2) is 4.80. The van der Waals surface area contributed by atoms with Gasteiger partial charge in [0.25, 0.3) is 0 Å². The molecule has 0 unspecified atom stereocenters. The summed E-state index contributed by atoms with van der Waals surface area (Å²) in [6.45, 7) is 0. The Morgan fingerprint density at radius 2 is 1.95 bits per heavy atom. The summed E-state index contributed by atoms with van der Waals surface area (Å²) in [4.78, 5) is 17.9. The number of aromatic nitrogens is 2. The molecule has 0 saturated heterocycles. The first-order valence-corrected chi connectivity index (χ1v) is 5.32. The molecule has 0 atom stereocenters. The lowest BCUT2D eigenvalue weighted by atomic mass is 10.1. The minimum Gasteiger partial charge on any atom is -0.478 e. The van der Waals surface area contributed by atoms with Crippen LogP contribution in [0, 0.1) is 0 Å². The third kappa shape index (κ3) is 2.68. The van der Waals surface area contributed by atoms with E-state index in [1.807, 2.05) is 0 Å². The molecule has 0 fully saturated rings. The minimum atomic E-state index is -4.58. The van der Waals surface area contributed by atoms with Gasteiger partial charge in [0.1, 0.15) is 5.69 Å². The number of anilines is 1.